The Balaban J connectivity index is 1.80. The van der Waals surface area contributed by atoms with Crippen LogP contribution in [0.3, 0.4) is 0 Å². The number of ether oxygens (including phenoxy) is 2. The van der Waals surface area contributed by atoms with Gasteiger partial charge in [0.1, 0.15) is 13.2 Å². The fourth-order valence-corrected chi connectivity index (χ4v) is 3.37. The minimum Gasteiger partial charge on any atom is -0.486 e. The predicted octanol–water partition coefficient (Wildman–Crippen LogP) is 3.71. The molecule has 0 saturated carbocycles. The number of benzene rings is 1. The Labute approximate surface area is 123 Å². The summed E-state index contributed by atoms with van der Waals surface area (Å²) in [7, 11) is 0. The lowest BCUT2D eigenvalue weighted by Gasteiger charge is -2.18. The predicted molar refractivity (Wildman–Crippen MR) is 77.5 cm³/mol. The number of rotatable bonds is 3. The van der Waals surface area contributed by atoms with Crippen molar-refractivity contribution in [3.63, 3.8) is 0 Å². The molecular formula is C14H11BrO3S. The molecule has 2 heterocycles. The summed E-state index contributed by atoms with van der Waals surface area (Å²) in [4.78, 5) is 13.3. The molecule has 0 saturated heterocycles. The van der Waals surface area contributed by atoms with Gasteiger partial charge in [-0.05, 0) is 40.2 Å². The molecule has 0 unspecified atom stereocenters. The third kappa shape index (κ3) is 2.82. The van der Waals surface area contributed by atoms with Gasteiger partial charge in [0.25, 0.3) is 0 Å². The van der Waals surface area contributed by atoms with E-state index >= 15 is 0 Å². The zero-order chi connectivity index (χ0) is 13.2. The van der Waals surface area contributed by atoms with Crippen LogP contribution in [-0.4, -0.2) is 19.0 Å². The van der Waals surface area contributed by atoms with Crippen LogP contribution in [-0.2, 0) is 6.42 Å². The average molecular weight is 339 g/mol. The lowest BCUT2D eigenvalue weighted by molar-refractivity contribution is 0.0992. The first-order chi connectivity index (χ1) is 9.22. The van der Waals surface area contributed by atoms with Crippen LogP contribution in [0.5, 0.6) is 11.5 Å². The first kappa shape index (κ1) is 12.7. The van der Waals surface area contributed by atoms with Crippen molar-refractivity contribution in [1.29, 1.82) is 0 Å². The second-order valence-electron chi connectivity index (χ2n) is 4.19. The Hall–Kier alpha value is -1.33. The smallest absolute Gasteiger partial charge is 0.168 e. The highest BCUT2D eigenvalue weighted by atomic mass is 79.9. The molecule has 0 fully saturated rings. The minimum absolute atomic E-state index is 0.0892. The summed E-state index contributed by atoms with van der Waals surface area (Å²) in [6.07, 6.45) is 0.413. The highest BCUT2D eigenvalue weighted by Gasteiger charge is 2.15. The lowest BCUT2D eigenvalue weighted by atomic mass is 10.1. The number of hydrogen-bond donors (Lipinski definition) is 0. The quantitative estimate of drug-likeness (QED) is 0.800. The maximum Gasteiger partial charge on any atom is 0.168 e. The van der Waals surface area contributed by atoms with Gasteiger partial charge < -0.3 is 9.47 Å². The summed E-state index contributed by atoms with van der Waals surface area (Å²) in [6.45, 7) is 1.09. The summed E-state index contributed by atoms with van der Waals surface area (Å²) in [5.74, 6) is 1.46. The van der Waals surface area contributed by atoms with Crippen LogP contribution in [0.25, 0.3) is 0 Å². The van der Waals surface area contributed by atoms with Gasteiger partial charge in [-0.2, -0.15) is 0 Å². The fraction of sp³-hybridized carbons (Fsp3) is 0.214. The molecule has 0 aliphatic carbocycles. The van der Waals surface area contributed by atoms with E-state index in [1.165, 1.54) is 0 Å². The van der Waals surface area contributed by atoms with Gasteiger partial charge in [-0.25, -0.2) is 0 Å². The van der Waals surface area contributed by atoms with Crippen molar-refractivity contribution >= 4 is 33.0 Å². The van der Waals surface area contributed by atoms with Gasteiger partial charge in [-0.3, -0.25) is 4.79 Å². The Morgan fingerprint density at radius 2 is 2.00 bits per heavy atom. The molecule has 19 heavy (non-hydrogen) atoms. The highest BCUT2D eigenvalue weighted by molar-refractivity contribution is 9.10. The topological polar surface area (TPSA) is 35.5 Å². The maximum atomic E-state index is 12.2. The van der Waals surface area contributed by atoms with Crippen LogP contribution in [0, 0.1) is 0 Å². The van der Waals surface area contributed by atoms with Gasteiger partial charge in [0.15, 0.2) is 17.3 Å². The molecule has 2 aromatic rings. The van der Waals surface area contributed by atoms with Gasteiger partial charge in [0.2, 0.25) is 0 Å². The van der Waals surface area contributed by atoms with Crippen molar-refractivity contribution in [1.82, 2.24) is 0 Å². The van der Waals surface area contributed by atoms with Gasteiger partial charge >= 0.3 is 0 Å². The number of carbonyl (C=O) groups is 1. The van der Waals surface area contributed by atoms with E-state index in [-0.39, 0.29) is 5.78 Å². The van der Waals surface area contributed by atoms with Crippen molar-refractivity contribution < 1.29 is 14.3 Å². The second-order valence-corrected chi connectivity index (χ2v) is 6.10. The van der Waals surface area contributed by atoms with E-state index in [2.05, 4.69) is 15.9 Å². The molecule has 3 nitrogen and oxygen atoms in total. The van der Waals surface area contributed by atoms with Crippen molar-refractivity contribution in [2.45, 2.75) is 6.42 Å². The summed E-state index contributed by atoms with van der Waals surface area (Å²) in [6, 6.07) is 7.32. The monoisotopic (exact) mass is 338 g/mol. The number of halogens is 1. The fourth-order valence-electron chi connectivity index (χ4n) is 1.92. The summed E-state index contributed by atoms with van der Waals surface area (Å²) < 4.78 is 11.9. The molecule has 3 rings (SSSR count). The number of Topliss-reactive ketones (excluding diaryl/α,β-unsaturated/α-hetero) is 1. The third-order valence-corrected chi connectivity index (χ3v) is 4.52. The second kappa shape index (κ2) is 5.35. The van der Waals surface area contributed by atoms with Gasteiger partial charge in [0, 0.05) is 26.7 Å². The molecule has 0 spiro atoms. The Morgan fingerprint density at radius 3 is 2.74 bits per heavy atom. The Kier molecular flexibility index (Phi) is 3.57. The average Bonchev–Trinajstić information content (AvgIpc) is 2.83. The van der Waals surface area contributed by atoms with E-state index in [0.717, 1.165) is 9.35 Å². The maximum absolute atomic E-state index is 12.2. The van der Waals surface area contributed by atoms with Crippen LogP contribution in [0.15, 0.2) is 34.1 Å². The highest BCUT2D eigenvalue weighted by Crippen LogP contribution is 2.31. The molecule has 5 heteroatoms. The third-order valence-electron chi connectivity index (χ3n) is 2.82. The molecular weight excluding hydrogens is 328 g/mol. The molecule has 1 aliphatic heterocycles. The van der Waals surface area contributed by atoms with Crippen molar-refractivity contribution in [2.24, 2.45) is 0 Å². The zero-order valence-corrected chi connectivity index (χ0v) is 12.4. The number of thiophene rings is 1. The molecule has 0 N–H and O–H groups in total. The Bertz CT molecular complexity index is 621. The van der Waals surface area contributed by atoms with E-state index in [4.69, 9.17) is 9.47 Å². The molecule has 0 radical (unpaired) electrons. The van der Waals surface area contributed by atoms with Crippen molar-refractivity contribution in [2.75, 3.05) is 13.2 Å². The molecule has 0 atom stereocenters. The lowest BCUT2D eigenvalue weighted by Crippen LogP contribution is -2.16. The van der Waals surface area contributed by atoms with E-state index in [1.807, 2.05) is 11.4 Å². The van der Waals surface area contributed by atoms with E-state index < -0.39 is 0 Å². The van der Waals surface area contributed by atoms with Crippen LogP contribution < -0.4 is 9.47 Å². The van der Waals surface area contributed by atoms with Crippen molar-refractivity contribution in [3.05, 3.63) is 44.6 Å². The molecule has 0 amide bonds. The van der Waals surface area contributed by atoms with Crippen molar-refractivity contribution in [3.8, 4) is 11.5 Å². The van der Waals surface area contributed by atoms with E-state index in [0.29, 0.717) is 36.7 Å². The molecule has 1 aromatic heterocycles. The van der Waals surface area contributed by atoms with Gasteiger partial charge in [-0.1, -0.05) is 0 Å². The summed E-state index contributed by atoms with van der Waals surface area (Å²) in [5, 5.41) is 1.98. The number of fused-ring (bicyclic) bond motifs is 1. The van der Waals surface area contributed by atoms with Gasteiger partial charge in [-0.15, -0.1) is 11.3 Å². The molecule has 1 aromatic carbocycles. The minimum atomic E-state index is 0.0892. The molecule has 98 valence electrons. The zero-order valence-electron chi connectivity index (χ0n) is 10.0. The largest absolute Gasteiger partial charge is 0.486 e. The van der Waals surface area contributed by atoms with Crippen LogP contribution in [0.1, 0.15) is 15.2 Å². The van der Waals surface area contributed by atoms with Gasteiger partial charge in [0.05, 0.1) is 0 Å². The summed E-state index contributed by atoms with van der Waals surface area (Å²) >= 11 is 4.97. The van der Waals surface area contributed by atoms with Crippen LogP contribution >= 0.6 is 27.3 Å². The van der Waals surface area contributed by atoms with Crippen LogP contribution in [0.2, 0.25) is 0 Å². The normalized spacial score (nSPS) is 13.3. The first-order valence-electron chi connectivity index (χ1n) is 5.88. The standard InChI is InChI=1S/C14H11BrO3S/c15-10-6-11(19-8-10)7-12(16)9-1-2-13-14(5-9)18-4-3-17-13/h1-2,5-6,8H,3-4,7H2. The van der Waals surface area contributed by atoms with E-state index in [9.17, 15) is 4.79 Å². The molecule has 0 bridgehead atoms. The number of carbonyl (C=O) groups excluding carboxylic acids is 1. The van der Waals surface area contributed by atoms with E-state index in [1.54, 1.807) is 29.5 Å². The first-order valence-corrected chi connectivity index (χ1v) is 7.55. The Morgan fingerprint density at radius 1 is 1.21 bits per heavy atom. The SMILES string of the molecule is O=C(Cc1cc(Br)cs1)c1ccc2c(c1)OCCO2. The number of hydrogen-bond acceptors (Lipinski definition) is 4. The molecule has 1 aliphatic rings. The van der Waals surface area contributed by atoms with Crippen LogP contribution in [0.4, 0.5) is 0 Å². The number of ketones is 1. The summed E-state index contributed by atoms with van der Waals surface area (Å²) in [5.41, 5.74) is 0.661.